The molecule has 1 aliphatic carbocycles. The lowest BCUT2D eigenvalue weighted by Crippen LogP contribution is -2.27. The molecule has 0 saturated heterocycles. The highest BCUT2D eigenvalue weighted by Crippen LogP contribution is 2.29. The number of nitrogens with one attached hydrogen (secondary N) is 1. The molecular formula is C18H23FN4O. The van der Waals surface area contributed by atoms with Gasteiger partial charge < -0.3 is 10.2 Å². The zero-order chi connectivity index (χ0) is 17.1. The number of rotatable bonds is 5. The Kier molecular flexibility index (Phi) is 4.94. The fourth-order valence-electron chi connectivity index (χ4n) is 3.03. The van der Waals surface area contributed by atoms with E-state index in [1.165, 1.54) is 11.6 Å². The maximum Gasteiger partial charge on any atom is 0.243 e. The molecule has 1 atom stereocenters. The molecule has 3 rings (SSSR count). The van der Waals surface area contributed by atoms with Crippen LogP contribution in [0.1, 0.15) is 35.7 Å². The molecule has 6 heteroatoms. The first kappa shape index (κ1) is 16.6. The SMILES string of the molecule is CN(C)C(=O)Cn1cc2c(n1)C(NCc1ccccc1F)CCC2. The van der Waals surface area contributed by atoms with E-state index in [1.54, 1.807) is 35.8 Å². The molecule has 128 valence electrons. The topological polar surface area (TPSA) is 50.2 Å². The minimum atomic E-state index is -0.192. The first-order chi connectivity index (χ1) is 11.5. The summed E-state index contributed by atoms with van der Waals surface area (Å²) in [5, 5.41) is 8.02. The standard InChI is InChI=1S/C18H23FN4O/c1-22(2)17(24)12-23-11-14-7-5-9-16(18(14)21-23)20-10-13-6-3-4-8-15(13)19/h3-4,6,8,11,16,20H,5,7,9-10,12H2,1-2H3. The molecule has 0 bridgehead atoms. The monoisotopic (exact) mass is 330 g/mol. The zero-order valence-corrected chi connectivity index (χ0v) is 14.1. The van der Waals surface area contributed by atoms with Crippen molar-refractivity contribution in [3.63, 3.8) is 0 Å². The van der Waals surface area contributed by atoms with Gasteiger partial charge >= 0.3 is 0 Å². The number of carbonyl (C=O) groups excluding carboxylic acids is 1. The molecular weight excluding hydrogens is 307 g/mol. The quantitative estimate of drug-likeness (QED) is 0.915. The Morgan fingerprint density at radius 2 is 2.21 bits per heavy atom. The van der Waals surface area contributed by atoms with Gasteiger partial charge in [-0.2, -0.15) is 5.10 Å². The Morgan fingerprint density at radius 1 is 1.42 bits per heavy atom. The number of hydrogen-bond acceptors (Lipinski definition) is 3. The summed E-state index contributed by atoms with van der Waals surface area (Å²) >= 11 is 0. The van der Waals surface area contributed by atoms with Gasteiger partial charge in [0.1, 0.15) is 12.4 Å². The summed E-state index contributed by atoms with van der Waals surface area (Å²) in [5.41, 5.74) is 2.83. The second kappa shape index (κ2) is 7.13. The summed E-state index contributed by atoms with van der Waals surface area (Å²) < 4.78 is 15.5. The Bertz CT molecular complexity index is 726. The minimum absolute atomic E-state index is 0.0192. The van der Waals surface area contributed by atoms with E-state index in [4.69, 9.17) is 0 Å². The van der Waals surface area contributed by atoms with Crippen molar-refractivity contribution in [1.82, 2.24) is 20.0 Å². The molecule has 0 spiro atoms. The molecule has 0 aliphatic heterocycles. The average molecular weight is 330 g/mol. The van der Waals surface area contributed by atoms with Crippen molar-refractivity contribution in [2.75, 3.05) is 14.1 Å². The fraction of sp³-hybridized carbons (Fsp3) is 0.444. The van der Waals surface area contributed by atoms with Crippen LogP contribution in [-0.2, 0) is 24.3 Å². The predicted molar refractivity (Wildman–Crippen MR) is 89.8 cm³/mol. The first-order valence-corrected chi connectivity index (χ1v) is 8.28. The van der Waals surface area contributed by atoms with Crippen LogP contribution in [0.2, 0.25) is 0 Å². The van der Waals surface area contributed by atoms with Crippen LogP contribution in [-0.4, -0.2) is 34.7 Å². The molecule has 1 amide bonds. The van der Waals surface area contributed by atoms with Crippen LogP contribution in [0.3, 0.4) is 0 Å². The van der Waals surface area contributed by atoms with Crippen LogP contribution in [0.4, 0.5) is 4.39 Å². The van der Waals surface area contributed by atoms with Gasteiger partial charge in [-0.05, 0) is 30.9 Å². The lowest BCUT2D eigenvalue weighted by Gasteiger charge is -2.22. The highest BCUT2D eigenvalue weighted by atomic mass is 19.1. The Labute approximate surface area is 141 Å². The molecule has 1 N–H and O–H groups in total. The summed E-state index contributed by atoms with van der Waals surface area (Å²) in [6, 6.07) is 6.91. The van der Waals surface area contributed by atoms with Crippen LogP contribution < -0.4 is 5.32 Å². The van der Waals surface area contributed by atoms with Crippen molar-refractivity contribution in [2.24, 2.45) is 0 Å². The molecule has 1 unspecified atom stereocenters. The number of carbonyl (C=O) groups is 1. The zero-order valence-electron chi connectivity index (χ0n) is 14.1. The third-order valence-corrected chi connectivity index (χ3v) is 4.43. The fourth-order valence-corrected chi connectivity index (χ4v) is 3.03. The number of nitrogens with zero attached hydrogens (tertiary/aromatic N) is 3. The number of aryl methyl sites for hydroxylation is 1. The van der Waals surface area contributed by atoms with Gasteiger partial charge in [-0.25, -0.2) is 4.39 Å². The van der Waals surface area contributed by atoms with E-state index in [0.29, 0.717) is 12.1 Å². The molecule has 1 aromatic heterocycles. The minimum Gasteiger partial charge on any atom is -0.347 e. The van der Waals surface area contributed by atoms with Crippen molar-refractivity contribution < 1.29 is 9.18 Å². The molecule has 5 nitrogen and oxygen atoms in total. The van der Waals surface area contributed by atoms with Gasteiger partial charge in [0, 0.05) is 32.4 Å². The molecule has 2 aromatic rings. The third kappa shape index (κ3) is 3.64. The number of likely N-dealkylation sites (N-methyl/N-ethyl adjacent to an activating group) is 1. The number of fused-ring (bicyclic) bond motifs is 1. The highest BCUT2D eigenvalue weighted by molar-refractivity contribution is 5.75. The van der Waals surface area contributed by atoms with Crippen LogP contribution in [0, 0.1) is 5.82 Å². The van der Waals surface area contributed by atoms with Crippen LogP contribution in [0.15, 0.2) is 30.5 Å². The second-order valence-electron chi connectivity index (χ2n) is 6.44. The van der Waals surface area contributed by atoms with Gasteiger partial charge in [0.25, 0.3) is 0 Å². The first-order valence-electron chi connectivity index (χ1n) is 8.28. The number of hydrogen-bond donors (Lipinski definition) is 1. The summed E-state index contributed by atoms with van der Waals surface area (Å²) in [6.07, 6.45) is 4.98. The lowest BCUT2D eigenvalue weighted by atomic mass is 9.93. The van der Waals surface area contributed by atoms with E-state index in [-0.39, 0.29) is 24.3 Å². The van der Waals surface area contributed by atoms with Gasteiger partial charge in [-0.1, -0.05) is 18.2 Å². The van der Waals surface area contributed by atoms with Crippen LogP contribution in [0.5, 0.6) is 0 Å². The van der Waals surface area contributed by atoms with Crippen molar-refractivity contribution in [3.8, 4) is 0 Å². The molecule has 0 radical (unpaired) electrons. The maximum absolute atomic E-state index is 13.8. The molecule has 24 heavy (non-hydrogen) atoms. The maximum atomic E-state index is 13.8. The third-order valence-electron chi connectivity index (χ3n) is 4.43. The molecule has 0 saturated carbocycles. The average Bonchev–Trinajstić information content (AvgIpc) is 2.97. The van der Waals surface area contributed by atoms with Gasteiger partial charge in [0.2, 0.25) is 5.91 Å². The van der Waals surface area contributed by atoms with Crippen molar-refractivity contribution in [3.05, 3.63) is 53.1 Å². The van der Waals surface area contributed by atoms with Crippen LogP contribution in [0.25, 0.3) is 0 Å². The molecule has 1 heterocycles. The molecule has 0 fully saturated rings. The summed E-state index contributed by atoms with van der Waals surface area (Å²) in [6.45, 7) is 0.723. The van der Waals surface area contributed by atoms with Gasteiger partial charge in [-0.3, -0.25) is 9.48 Å². The summed E-state index contributed by atoms with van der Waals surface area (Å²) in [4.78, 5) is 13.4. The summed E-state index contributed by atoms with van der Waals surface area (Å²) in [7, 11) is 3.48. The highest BCUT2D eigenvalue weighted by Gasteiger charge is 2.24. The number of halogens is 1. The van der Waals surface area contributed by atoms with E-state index in [0.717, 1.165) is 25.0 Å². The lowest BCUT2D eigenvalue weighted by molar-refractivity contribution is -0.129. The van der Waals surface area contributed by atoms with E-state index in [9.17, 15) is 9.18 Å². The van der Waals surface area contributed by atoms with E-state index in [1.807, 2.05) is 12.3 Å². The largest absolute Gasteiger partial charge is 0.347 e. The van der Waals surface area contributed by atoms with Crippen molar-refractivity contribution in [1.29, 1.82) is 0 Å². The number of benzene rings is 1. The smallest absolute Gasteiger partial charge is 0.243 e. The van der Waals surface area contributed by atoms with Crippen molar-refractivity contribution in [2.45, 2.75) is 38.4 Å². The Balaban J connectivity index is 1.71. The Morgan fingerprint density at radius 3 is 2.96 bits per heavy atom. The normalized spacial score (nSPS) is 16.7. The molecule has 1 aromatic carbocycles. The van der Waals surface area contributed by atoms with E-state index in [2.05, 4.69) is 10.4 Å². The number of amides is 1. The number of aromatic nitrogens is 2. The summed E-state index contributed by atoms with van der Waals surface area (Å²) in [5.74, 6) is -0.172. The van der Waals surface area contributed by atoms with Crippen molar-refractivity contribution >= 4 is 5.91 Å². The molecule has 1 aliphatic rings. The van der Waals surface area contributed by atoms with E-state index >= 15 is 0 Å². The van der Waals surface area contributed by atoms with Gasteiger partial charge in [-0.15, -0.1) is 0 Å². The van der Waals surface area contributed by atoms with Gasteiger partial charge in [0.15, 0.2) is 0 Å². The Hall–Kier alpha value is -2.21. The predicted octanol–water partition coefficient (Wildman–Crippen LogP) is 2.28. The van der Waals surface area contributed by atoms with Gasteiger partial charge in [0.05, 0.1) is 11.7 Å². The van der Waals surface area contributed by atoms with Crippen LogP contribution >= 0.6 is 0 Å². The second-order valence-corrected chi connectivity index (χ2v) is 6.44. The van der Waals surface area contributed by atoms with E-state index < -0.39 is 0 Å².